The standard InChI is InChI=1S/C7H13N3Se/c1-2-9-5-6-10(4-3-8)7(9)11/h5-6H,2-4,8H2,1H3. The fourth-order valence-electron chi connectivity index (χ4n) is 1.00. The summed E-state index contributed by atoms with van der Waals surface area (Å²) in [6, 6.07) is 0. The van der Waals surface area contributed by atoms with Crippen molar-refractivity contribution in [2.24, 2.45) is 5.73 Å². The zero-order valence-corrected chi connectivity index (χ0v) is 8.37. The third-order valence-corrected chi connectivity index (χ3v) is 2.61. The molecule has 0 radical (unpaired) electrons. The van der Waals surface area contributed by atoms with Crippen LogP contribution >= 0.6 is 0 Å². The first kappa shape index (κ1) is 8.78. The summed E-state index contributed by atoms with van der Waals surface area (Å²) in [5.74, 6) is 0. The molecule has 1 aromatic heterocycles. The molecule has 4 heteroatoms. The van der Waals surface area contributed by atoms with E-state index in [0.717, 1.165) is 17.4 Å². The molecule has 0 fully saturated rings. The molecule has 0 saturated heterocycles. The first-order valence-electron chi connectivity index (χ1n) is 3.75. The Morgan fingerprint density at radius 2 is 2.09 bits per heavy atom. The number of imidazole rings is 1. The summed E-state index contributed by atoms with van der Waals surface area (Å²) in [6.45, 7) is 4.69. The van der Waals surface area contributed by atoms with Crippen molar-refractivity contribution < 1.29 is 0 Å². The number of nitrogens with zero attached hydrogens (tertiary/aromatic N) is 2. The molecule has 3 nitrogen and oxygen atoms in total. The van der Waals surface area contributed by atoms with Crippen LogP contribution < -0.4 is 5.73 Å². The minimum absolute atomic E-state index is 0.688. The van der Waals surface area contributed by atoms with Crippen molar-refractivity contribution in [3.8, 4) is 0 Å². The van der Waals surface area contributed by atoms with Gasteiger partial charge in [-0.2, -0.15) is 0 Å². The Hall–Kier alpha value is -0.311. The third kappa shape index (κ3) is 1.83. The second kappa shape index (κ2) is 3.90. The first-order valence-corrected chi connectivity index (χ1v) is 4.61. The number of aryl methyl sites for hydroxylation is 1. The van der Waals surface area contributed by atoms with Gasteiger partial charge in [0, 0.05) is 0 Å². The van der Waals surface area contributed by atoms with E-state index < -0.39 is 0 Å². The maximum atomic E-state index is 5.44. The molecular weight excluding hydrogens is 205 g/mol. The average molecular weight is 218 g/mol. The summed E-state index contributed by atoms with van der Waals surface area (Å²) in [6.07, 6.45) is 4.10. The molecule has 0 amide bonds. The molecule has 0 aliphatic rings. The number of hydrogen-bond acceptors (Lipinski definition) is 1. The second-order valence-electron chi connectivity index (χ2n) is 2.35. The van der Waals surface area contributed by atoms with Crippen molar-refractivity contribution in [3.63, 3.8) is 0 Å². The van der Waals surface area contributed by atoms with Gasteiger partial charge in [-0.3, -0.25) is 0 Å². The van der Waals surface area contributed by atoms with Gasteiger partial charge < -0.3 is 0 Å². The molecule has 0 aliphatic carbocycles. The molecule has 0 bridgehead atoms. The molecule has 0 aromatic carbocycles. The normalized spacial score (nSPS) is 10.4. The summed E-state index contributed by atoms with van der Waals surface area (Å²) in [5, 5.41) is 0. The number of nitrogens with two attached hydrogens (primary N) is 1. The SMILES string of the molecule is CCn1ccn(CCN)c1=[Se]. The van der Waals surface area contributed by atoms with Crippen molar-refractivity contribution in [2.45, 2.75) is 20.0 Å². The number of rotatable bonds is 3. The average Bonchev–Trinajstić information content (AvgIpc) is 2.34. The zero-order chi connectivity index (χ0) is 8.27. The fourth-order valence-corrected chi connectivity index (χ4v) is 1.72. The van der Waals surface area contributed by atoms with E-state index in [9.17, 15) is 0 Å². The van der Waals surface area contributed by atoms with Gasteiger partial charge >= 0.3 is 73.7 Å². The Balaban J connectivity index is 2.92. The van der Waals surface area contributed by atoms with E-state index >= 15 is 0 Å². The van der Waals surface area contributed by atoms with Gasteiger partial charge in [0.2, 0.25) is 0 Å². The fraction of sp³-hybridized carbons (Fsp3) is 0.571. The molecule has 0 unspecified atom stereocenters. The Labute approximate surface area is 74.2 Å². The molecule has 2 N–H and O–H groups in total. The van der Waals surface area contributed by atoms with Crippen LogP contribution in [-0.2, 0) is 13.1 Å². The predicted molar refractivity (Wildman–Crippen MR) is 46.1 cm³/mol. The molecule has 11 heavy (non-hydrogen) atoms. The Morgan fingerprint density at radius 3 is 2.55 bits per heavy atom. The third-order valence-electron chi connectivity index (χ3n) is 1.63. The monoisotopic (exact) mass is 219 g/mol. The van der Waals surface area contributed by atoms with E-state index in [2.05, 4.69) is 37.8 Å². The molecule has 1 rings (SSSR count). The van der Waals surface area contributed by atoms with E-state index in [-0.39, 0.29) is 0 Å². The van der Waals surface area contributed by atoms with Gasteiger partial charge in [-0.1, -0.05) is 0 Å². The second-order valence-corrected chi connectivity index (χ2v) is 3.11. The Bertz CT molecular complexity index is 273. The Morgan fingerprint density at radius 1 is 1.45 bits per heavy atom. The van der Waals surface area contributed by atoms with Crippen LogP contribution in [0.1, 0.15) is 6.92 Å². The minimum atomic E-state index is 0.688. The summed E-state index contributed by atoms with van der Waals surface area (Å²) >= 11 is 3.03. The predicted octanol–water partition coefficient (Wildman–Crippen LogP) is -0.0313. The van der Waals surface area contributed by atoms with Gasteiger partial charge in [0.15, 0.2) is 0 Å². The quantitative estimate of drug-likeness (QED) is 0.710. The van der Waals surface area contributed by atoms with Crippen molar-refractivity contribution in [1.82, 2.24) is 9.13 Å². The van der Waals surface area contributed by atoms with Crippen LogP contribution in [0.25, 0.3) is 0 Å². The van der Waals surface area contributed by atoms with Gasteiger partial charge in [0.25, 0.3) is 0 Å². The summed E-state index contributed by atoms with van der Waals surface area (Å²) in [5.41, 5.74) is 5.44. The zero-order valence-electron chi connectivity index (χ0n) is 6.66. The van der Waals surface area contributed by atoms with Crippen molar-refractivity contribution in [1.29, 1.82) is 0 Å². The summed E-state index contributed by atoms with van der Waals surface area (Å²) in [4.78, 5) is 0. The summed E-state index contributed by atoms with van der Waals surface area (Å²) < 4.78 is 5.41. The van der Waals surface area contributed by atoms with Crippen LogP contribution in [0.3, 0.4) is 0 Å². The molecule has 0 saturated carbocycles. The van der Waals surface area contributed by atoms with Crippen LogP contribution in [-0.4, -0.2) is 31.3 Å². The molecule has 0 spiro atoms. The molecule has 0 atom stereocenters. The van der Waals surface area contributed by atoms with Crippen LogP contribution in [0.5, 0.6) is 0 Å². The van der Waals surface area contributed by atoms with Gasteiger partial charge in [0.05, 0.1) is 0 Å². The van der Waals surface area contributed by atoms with Crippen LogP contribution in [0.15, 0.2) is 12.4 Å². The van der Waals surface area contributed by atoms with Gasteiger partial charge in [-0.15, -0.1) is 0 Å². The first-order chi connectivity index (χ1) is 5.29. The van der Waals surface area contributed by atoms with Crippen LogP contribution in [0.4, 0.5) is 0 Å². The number of hydrogen-bond donors (Lipinski definition) is 1. The Kier molecular flexibility index (Phi) is 3.12. The molecule has 62 valence electrons. The summed E-state index contributed by atoms with van der Waals surface area (Å²) in [7, 11) is 0. The molecule has 1 aromatic rings. The van der Waals surface area contributed by atoms with E-state index in [4.69, 9.17) is 5.73 Å². The van der Waals surface area contributed by atoms with Crippen molar-refractivity contribution >= 4 is 15.6 Å². The number of aromatic nitrogens is 2. The maximum absolute atomic E-state index is 5.44. The molecule has 1 heterocycles. The topological polar surface area (TPSA) is 35.9 Å². The van der Waals surface area contributed by atoms with Gasteiger partial charge in [0.1, 0.15) is 0 Å². The molecule has 0 aliphatic heterocycles. The van der Waals surface area contributed by atoms with Gasteiger partial charge in [-0.05, 0) is 0 Å². The van der Waals surface area contributed by atoms with E-state index in [0.29, 0.717) is 6.54 Å². The van der Waals surface area contributed by atoms with Crippen molar-refractivity contribution in [3.05, 3.63) is 16.7 Å². The van der Waals surface area contributed by atoms with E-state index in [1.807, 2.05) is 6.20 Å². The van der Waals surface area contributed by atoms with Gasteiger partial charge in [-0.25, -0.2) is 0 Å². The van der Waals surface area contributed by atoms with Crippen molar-refractivity contribution in [2.75, 3.05) is 6.54 Å². The van der Waals surface area contributed by atoms with E-state index in [1.165, 1.54) is 0 Å². The van der Waals surface area contributed by atoms with Crippen LogP contribution in [0.2, 0.25) is 0 Å². The molecular formula is C7H13N3Se. The van der Waals surface area contributed by atoms with E-state index in [1.54, 1.807) is 0 Å². The van der Waals surface area contributed by atoms with Crippen LogP contribution in [0, 0.1) is 4.32 Å².